The van der Waals surface area contributed by atoms with Crippen LogP contribution >= 0.6 is 0 Å². The highest BCUT2D eigenvalue weighted by molar-refractivity contribution is 5.81. The number of benzene rings is 1. The van der Waals surface area contributed by atoms with Crippen molar-refractivity contribution in [3.05, 3.63) is 35.9 Å². The quantitative estimate of drug-likeness (QED) is 0.895. The molecule has 0 aromatic heterocycles. The normalized spacial score (nSPS) is 23.6. The smallest absolute Gasteiger partial charge is 0.239 e. The predicted molar refractivity (Wildman–Crippen MR) is 83.6 cm³/mol. The maximum Gasteiger partial charge on any atom is 0.239 e. The monoisotopic (exact) mass is 287 g/mol. The van der Waals surface area contributed by atoms with Crippen molar-refractivity contribution in [1.82, 2.24) is 9.80 Å². The number of hydrogen-bond acceptors (Lipinski definition) is 3. The minimum Gasteiger partial charge on any atom is -0.340 e. The molecule has 114 valence electrons. The van der Waals surface area contributed by atoms with Gasteiger partial charge in [0.2, 0.25) is 5.91 Å². The van der Waals surface area contributed by atoms with Gasteiger partial charge in [-0.15, -0.1) is 0 Å². The molecule has 2 N–H and O–H groups in total. The van der Waals surface area contributed by atoms with Crippen LogP contribution in [0.1, 0.15) is 31.7 Å². The summed E-state index contributed by atoms with van der Waals surface area (Å²) in [6, 6.07) is 11.4. The molecule has 2 fully saturated rings. The number of likely N-dealkylation sites (tertiary alicyclic amines) is 1. The third-order valence-corrected chi connectivity index (χ3v) is 4.56. The van der Waals surface area contributed by atoms with Gasteiger partial charge < -0.3 is 10.6 Å². The highest BCUT2D eigenvalue weighted by Gasteiger charge is 2.38. The molecule has 0 spiro atoms. The van der Waals surface area contributed by atoms with Crippen molar-refractivity contribution in [1.29, 1.82) is 0 Å². The van der Waals surface area contributed by atoms with Crippen LogP contribution < -0.4 is 5.73 Å². The molecule has 1 saturated heterocycles. The van der Waals surface area contributed by atoms with Gasteiger partial charge in [0.05, 0.1) is 6.04 Å². The molecule has 1 saturated carbocycles. The van der Waals surface area contributed by atoms with Gasteiger partial charge in [-0.1, -0.05) is 30.3 Å². The molecule has 1 amide bonds. The van der Waals surface area contributed by atoms with Crippen LogP contribution in [0.3, 0.4) is 0 Å². The Hall–Kier alpha value is -1.39. The van der Waals surface area contributed by atoms with Crippen molar-refractivity contribution < 1.29 is 4.79 Å². The fourth-order valence-electron chi connectivity index (χ4n) is 3.26. The van der Waals surface area contributed by atoms with E-state index in [1.165, 1.54) is 18.4 Å². The fraction of sp³-hybridized carbons (Fsp3) is 0.588. The fourth-order valence-corrected chi connectivity index (χ4v) is 3.26. The lowest BCUT2D eigenvalue weighted by atomic mass is 10.1. The van der Waals surface area contributed by atoms with E-state index >= 15 is 0 Å². The average molecular weight is 287 g/mol. The van der Waals surface area contributed by atoms with Gasteiger partial charge in [-0.3, -0.25) is 9.69 Å². The molecule has 1 aliphatic carbocycles. The summed E-state index contributed by atoms with van der Waals surface area (Å²) in [4.78, 5) is 16.6. The van der Waals surface area contributed by atoms with Gasteiger partial charge in [0.1, 0.15) is 0 Å². The largest absolute Gasteiger partial charge is 0.340 e. The van der Waals surface area contributed by atoms with Gasteiger partial charge in [0, 0.05) is 31.7 Å². The first-order valence-electron chi connectivity index (χ1n) is 7.99. The molecule has 1 aromatic carbocycles. The molecule has 0 bridgehead atoms. The third kappa shape index (κ3) is 3.44. The molecular weight excluding hydrogens is 262 g/mol. The molecule has 1 unspecified atom stereocenters. The topological polar surface area (TPSA) is 49.6 Å². The minimum atomic E-state index is -0.382. The molecule has 4 nitrogen and oxygen atoms in total. The van der Waals surface area contributed by atoms with Crippen molar-refractivity contribution in [2.75, 3.05) is 13.1 Å². The zero-order valence-electron chi connectivity index (χ0n) is 12.7. The lowest BCUT2D eigenvalue weighted by Gasteiger charge is -2.29. The Balaban J connectivity index is 1.64. The second-order valence-corrected chi connectivity index (χ2v) is 6.40. The first-order valence-corrected chi connectivity index (χ1v) is 7.99. The highest BCUT2D eigenvalue weighted by Crippen LogP contribution is 2.33. The Morgan fingerprint density at radius 1 is 1.29 bits per heavy atom. The van der Waals surface area contributed by atoms with Crippen LogP contribution in [0.4, 0.5) is 0 Å². The molecule has 1 aliphatic heterocycles. The van der Waals surface area contributed by atoms with Crippen LogP contribution in [-0.2, 0) is 11.3 Å². The molecule has 0 radical (unpaired) electrons. The zero-order chi connectivity index (χ0) is 14.8. The van der Waals surface area contributed by atoms with Gasteiger partial charge in [0.25, 0.3) is 0 Å². The maximum absolute atomic E-state index is 12.0. The molecule has 4 heteroatoms. The lowest BCUT2D eigenvalue weighted by Crippen LogP contribution is -2.44. The van der Waals surface area contributed by atoms with Gasteiger partial charge >= 0.3 is 0 Å². The second-order valence-electron chi connectivity index (χ2n) is 6.40. The highest BCUT2D eigenvalue weighted by atomic mass is 16.2. The van der Waals surface area contributed by atoms with Crippen LogP contribution in [0.25, 0.3) is 0 Å². The van der Waals surface area contributed by atoms with Crippen LogP contribution in [0, 0.1) is 0 Å². The second kappa shape index (κ2) is 6.16. The van der Waals surface area contributed by atoms with E-state index in [0.717, 1.165) is 26.1 Å². The van der Waals surface area contributed by atoms with Crippen LogP contribution in [0.15, 0.2) is 30.3 Å². The Morgan fingerprint density at radius 2 is 2.00 bits per heavy atom. The van der Waals surface area contributed by atoms with Crippen molar-refractivity contribution in [3.8, 4) is 0 Å². The van der Waals surface area contributed by atoms with E-state index in [-0.39, 0.29) is 11.9 Å². The molecule has 21 heavy (non-hydrogen) atoms. The van der Waals surface area contributed by atoms with E-state index in [9.17, 15) is 4.79 Å². The summed E-state index contributed by atoms with van der Waals surface area (Å²) in [6.45, 7) is 4.46. The van der Waals surface area contributed by atoms with Crippen LogP contribution in [0.5, 0.6) is 0 Å². The van der Waals surface area contributed by atoms with Crippen molar-refractivity contribution in [3.63, 3.8) is 0 Å². The molecule has 1 heterocycles. The van der Waals surface area contributed by atoms with Crippen molar-refractivity contribution >= 4 is 5.91 Å². The number of rotatable bonds is 5. The van der Waals surface area contributed by atoms with E-state index in [0.29, 0.717) is 12.1 Å². The maximum atomic E-state index is 12.0. The third-order valence-electron chi connectivity index (χ3n) is 4.56. The summed E-state index contributed by atoms with van der Waals surface area (Å²) in [5.41, 5.74) is 7.09. The number of hydrogen-bond donors (Lipinski definition) is 1. The van der Waals surface area contributed by atoms with Gasteiger partial charge in [0.15, 0.2) is 0 Å². The molecule has 2 aliphatic rings. The summed E-state index contributed by atoms with van der Waals surface area (Å²) < 4.78 is 0. The summed E-state index contributed by atoms with van der Waals surface area (Å²) >= 11 is 0. The Labute approximate surface area is 126 Å². The number of nitrogens with zero attached hydrogens (tertiary/aromatic N) is 2. The van der Waals surface area contributed by atoms with Gasteiger partial charge in [-0.2, -0.15) is 0 Å². The van der Waals surface area contributed by atoms with E-state index in [2.05, 4.69) is 35.2 Å². The first kappa shape index (κ1) is 14.5. The first-order chi connectivity index (χ1) is 10.1. The average Bonchev–Trinajstić information content (AvgIpc) is 3.22. The van der Waals surface area contributed by atoms with Crippen LogP contribution in [0.2, 0.25) is 0 Å². The molecule has 2 atom stereocenters. The zero-order valence-corrected chi connectivity index (χ0v) is 12.7. The summed E-state index contributed by atoms with van der Waals surface area (Å²) in [5, 5.41) is 0. The van der Waals surface area contributed by atoms with E-state index in [1.54, 1.807) is 6.92 Å². The Kier molecular flexibility index (Phi) is 4.27. The Morgan fingerprint density at radius 3 is 2.62 bits per heavy atom. The molecule has 1 aromatic rings. The predicted octanol–water partition coefficient (Wildman–Crippen LogP) is 1.60. The van der Waals surface area contributed by atoms with Crippen molar-refractivity contribution in [2.45, 2.75) is 50.9 Å². The number of nitrogens with two attached hydrogens (primary N) is 1. The van der Waals surface area contributed by atoms with E-state index in [1.807, 2.05) is 4.90 Å². The Bertz CT molecular complexity index is 484. The van der Waals surface area contributed by atoms with E-state index < -0.39 is 0 Å². The number of carbonyl (C=O) groups excluding carboxylic acids is 1. The van der Waals surface area contributed by atoms with E-state index in [4.69, 9.17) is 5.73 Å². The summed E-state index contributed by atoms with van der Waals surface area (Å²) in [6.07, 6.45) is 3.66. The summed E-state index contributed by atoms with van der Waals surface area (Å²) in [5.74, 6) is 0.0907. The minimum absolute atomic E-state index is 0.0907. The standard InChI is InChI=1S/C17H25N3O/c1-13(18)17(21)19-10-9-16(12-19)20(15-7-8-15)11-14-5-3-2-4-6-14/h2-6,13,15-16H,7-12,18H2,1H3/t13?,16-/m0/s1. The number of amides is 1. The van der Waals surface area contributed by atoms with Crippen molar-refractivity contribution in [2.24, 2.45) is 5.73 Å². The van der Waals surface area contributed by atoms with Crippen LogP contribution in [-0.4, -0.2) is 46.9 Å². The number of carbonyl (C=O) groups is 1. The summed E-state index contributed by atoms with van der Waals surface area (Å²) in [7, 11) is 0. The molecular formula is C17H25N3O. The van der Waals surface area contributed by atoms with Gasteiger partial charge in [-0.25, -0.2) is 0 Å². The lowest BCUT2D eigenvalue weighted by molar-refractivity contribution is -0.131. The molecule has 3 rings (SSSR count). The SMILES string of the molecule is CC(N)C(=O)N1CC[C@H](N(Cc2ccccc2)C2CC2)C1. The van der Waals surface area contributed by atoms with Gasteiger partial charge in [-0.05, 0) is 31.7 Å².